The minimum atomic E-state index is 0.192. The summed E-state index contributed by atoms with van der Waals surface area (Å²) in [7, 11) is 0. The molecule has 0 amide bonds. The van der Waals surface area contributed by atoms with Gasteiger partial charge in [0.2, 0.25) is 0 Å². The number of aromatic nitrogens is 2. The first-order valence-corrected chi connectivity index (χ1v) is 11.3. The topological polar surface area (TPSA) is 55.0 Å². The van der Waals surface area contributed by atoms with Gasteiger partial charge in [-0.1, -0.05) is 37.3 Å². The maximum atomic E-state index is 6.41. The summed E-state index contributed by atoms with van der Waals surface area (Å²) in [6.45, 7) is 5.31. The third-order valence-electron chi connectivity index (χ3n) is 6.50. The predicted molar refractivity (Wildman–Crippen MR) is 117 cm³/mol. The lowest BCUT2D eigenvalue weighted by Gasteiger charge is -2.40. The van der Waals surface area contributed by atoms with Crippen molar-refractivity contribution in [2.75, 3.05) is 18.8 Å². The molecule has 5 rings (SSSR count). The van der Waals surface area contributed by atoms with Crippen molar-refractivity contribution in [1.82, 2.24) is 14.9 Å². The van der Waals surface area contributed by atoms with Gasteiger partial charge in [-0.3, -0.25) is 4.90 Å². The van der Waals surface area contributed by atoms with Crippen molar-refractivity contribution < 1.29 is 0 Å². The Kier molecular flexibility index (Phi) is 4.60. The third-order valence-corrected chi connectivity index (χ3v) is 7.69. The standard InChI is InChI=1S/C23H28N4S/c1-23(16-8-3-2-4-9-16)12-7-13-27(15-23)14-19-25-21(24)20-17-10-5-6-11-18(17)28-22(20)26-19/h2-4,8-9H,5-7,10-15H2,1H3,(H2,24,25,26). The number of hydrogen-bond acceptors (Lipinski definition) is 5. The van der Waals surface area contributed by atoms with Gasteiger partial charge in [-0.05, 0) is 56.2 Å². The molecule has 0 radical (unpaired) electrons. The van der Waals surface area contributed by atoms with Crippen LogP contribution in [0.5, 0.6) is 0 Å². The Morgan fingerprint density at radius 2 is 1.93 bits per heavy atom. The van der Waals surface area contributed by atoms with Gasteiger partial charge in [0.1, 0.15) is 16.5 Å². The highest BCUT2D eigenvalue weighted by Crippen LogP contribution is 2.38. The van der Waals surface area contributed by atoms with Gasteiger partial charge >= 0.3 is 0 Å². The monoisotopic (exact) mass is 392 g/mol. The molecule has 5 heteroatoms. The lowest BCUT2D eigenvalue weighted by Crippen LogP contribution is -2.44. The van der Waals surface area contributed by atoms with E-state index >= 15 is 0 Å². The molecule has 3 heterocycles. The molecule has 0 saturated carbocycles. The zero-order chi connectivity index (χ0) is 19.1. The number of nitrogen functional groups attached to an aromatic ring is 1. The molecule has 28 heavy (non-hydrogen) atoms. The predicted octanol–water partition coefficient (Wildman–Crippen LogP) is 4.71. The van der Waals surface area contributed by atoms with Crippen LogP contribution in [0.15, 0.2) is 30.3 Å². The fourth-order valence-electron chi connectivity index (χ4n) is 5.06. The van der Waals surface area contributed by atoms with E-state index in [1.807, 2.05) is 11.3 Å². The number of aryl methyl sites for hydroxylation is 2. The zero-order valence-electron chi connectivity index (χ0n) is 16.6. The first-order chi connectivity index (χ1) is 13.6. The van der Waals surface area contributed by atoms with Crippen molar-refractivity contribution in [1.29, 1.82) is 0 Å². The summed E-state index contributed by atoms with van der Waals surface area (Å²) in [6, 6.07) is 10.9. The van der Waals surface area contributed by atoms with Crippen LogP contribution in [-0.2, 0) is 24.8 Å². The fourth-order valence-corrected chi connectivity index (χ4v) is 6.35. The first-order valence-electron chi connectivity index (χ1n) is 10.5. The van der Waals surface area contributed by atoms with Crippen molar-refractivity contribution in [2.45, 2.75) is 57.4 Å². The molecular weight excluding hydrogens is 364 g/mol. The SMILES string of the molecule is CC1(c2ccccc2)CCCN(Cc2nc(N)c3c4c(sc3n2)CCCC4)C1. The van der Waals surface area contributed by atoms with Crippen LogP contribution in [0.1, 0.15) is 54.4 Å². The highest BCUT2D eigenvalue weighted by molar-refractivity contribution is 7.19. The van der Waals surface area contributed by atoms with Crippen LogP contribution in [0.2, 0.25) is 0 Å². The van der Waals surface area contributed by atoms with Crippen molar-refractivity contribution in [3.05, 3.63) is 52.2 Å². The highest BCUT2D eigenvalue weighted by Gasteiger charge is 2.33. The van der Waals surface area contributed by atoms with E-state index in [2.05, 4.69) is 42.2 Å². The molecule has 2 aliphatic rings. The molecule has 1 aliphatic carbocycles. The molecule has 2 N–H and O–H groups in total. The van der Waals surface area contributed by atoms with E-state index in [4.69, 9.17) is 15.7 Å². The summed E-state index contributed by atoms with van der Waals surface area (Å²) >= 11 is 1.84. The lowest BCUT2D eigenvalue weighted by molar-refractivity contribution is 0.147. The van der Waals surface area contributed by atoms with Gasteiger partial charge in [0.25, 0.3) is 0 Å². The number of nitrogens with two attached hydrogens (primary N) is 1. The maximum Gasteiger partial charge on any atom is 0.146 e. The van der Waals surface area contributed by atoms with Crippen LogP contribution in [0.4, 0.5) is 5.82 Å². The summed E-state index contributed by atoms with van der Waals surface area (Å²) in [5.41, 5.74) is 9.46. The van der Waals surface area contributed by atoms with E-state index in [1.165, 1.54) is 48.1 Å². The third kappa shape index (κ3) is 3.20. The minimum absolute atomic E-state index is 0.192. The summed E-state index contributed by atoms with van der Waals surface area (Å²) in [4.78, 5) is 14.7. The average molecular weight is 393 g/mol. The van der Waals surface area contributed by atoms with Crippen LogP contribution < -0.4 is 5.73 Å². The molecule has 1 saturated heterocycles. The second-order valence-corrected chi connectivity index (χ2v) is 9.74. The number of benzene rings is 1. The van der Waals surface area contributed by atoms with Gasteiger partial charge in [0, 0.05) is 16.8 Å². The normalized spacial score (nSPS) is 23.0. The van der Waals surface area contributed by atoms with Gasteiger partial charge in [-0.15, -0.1) is 11.3 Å². The molecular formula is C23H28N4S. The van der Waals surface area contributed by atoms with E-state index in [9.17, 15) is 0 Å². The maximum absolute atomic E-state index is 6.41. The van der Waals surface area contributed by atoms with E-state index in [0.29, 0.717) is 5.82 Å². The van der Waals surface area contributed by atoms with Crippen LogP contribution >= 0.6 is 11.3 Å². The molecule has 3 aromatic rings. The van der Waals surface area contributed by atoms with Gasteiger partial charge in [-0.25, -0.2) is 9.97 Å². The fraction of sp³-hybridized carbons (Fsp3) is 0.478. The number of rotatable bonds is 3. The molecule has 1 aromatic carbocycles. The van der Waals surface area contributed by atoms with Crippen LogP contribution in [0.25, 0.3) is 10.2 Å². The molecule has 0 spiro atoms. The molecule has 146 valence electrons. The highest BCUT2D eigenvalue weighted by atomic mass is 32.1. The Balaban J connectivity index is 1.40. The van der Waals surface area contributed by atoms with E-state index in [-0.39, 0.29) is 5.41 Å². The van der Waals surface area contributed by atoms with Crippen molar-refractivity contribution in [2.24, 2.45) is 0 Å². The van der Waals surface area contributed by atoms with E-state index < -0.39 is 0 Å². The van der Waals surface area contributed by atoms with Crippen molar-refractivity contribution in [3.8, 4) is 0 Å². The first kappa shape index (κ1) is 18.1. The van der Waals surface area contributed by atoms with Crippen LogP contribution in [-0.4, -0.2) is 28.0 Å². The van der Waals surface area contributed by atoms with Crippen molar-refractivity contribution >= 4 is 27.4 Å². The Bertz CT molecular complexity index is 997. The minimum Gasteiger partial charge on any atom is -0.383 e. The quantitative estimate of drug-likeness (QED) is 0.701. The Morgan fingerprint density at radius 3 is 2.79 bits per heavy atom. The zero-order valence-corrected chi connectivity index (χ0v) is 17.4. The second-order valence-electron chi connectivity index (χ2n) is 8.66. The molecule has 1 aliphatic heterocycles. The summed E-state index contributed by atoms with van der Waals surface area (Å²) < 4.78 is 0. The molecule has 1 fully saturated rings. The Labute approximate surface area is 170 Å². The number of thiophene rings is 1. The van der Waals surface area contributed by atoms with Gasteiger partial charge < -0.3 is 5.73 Å². The Morgan fingerprint density at radius 1 is 1.11 bits per heavy atom. The summed E-state index contributed by atoms with van der Waals surface area (Å²) in [5, 5.41) is 1.14. The molecule has 4 nitrogen and oxygen atoms in total. The number of likely N-dealkylation sites (tertiary alicyclic amines) is 1. The lowest BCUT2D eigenvalue weighted by atomic mass is 9.76. The van der Waals surface area contributed by atoms with Crippen LogP contribution in [0.3, 0.4) is 0 Å². The smallest absolute Gasteiger partial charge is 0.146 e. The largest absolute Gasteiger partial charge is 0.383 e. The number of hydrogen-bond donors (Lipinski definition) is 1. The molecule has 1 unspecified atom stereocenters. The summed E-state index contributed by atoms with van der Waals surface area (Å²) in [5.74, 6) is 1.56. The molecule has 0 bridgehead atoms. The molecule has 2 aromatic heterocycles. The van der Waals surface area contributed by atoms with Crippen molar-refractivity contribution in [3.63, 3.8) is 0 Å². The van der Waals surface area contributed by atoms with Crippen LogP contribution in [0, 0.1) is 0 Å². The summed E-state index contributed by atoms with van der Waals surface area (Å²) in [6.07, 6.45) is 7.28. The number of fused-ring (bicyclic) bond motifs is 3. The van der Waals surface area contributed by atoms with Gasteiger partial charge in [0.05, 0.1) is 11.9 Å². The molecule has 1 atom stereocenters. The van der Waals surface area contributed by atoms with E-state index in [1.54, 1.807) is 0 Å². The number of nitrogens with zero attached hydrogens (tertiary/aromatic N) is 3. The number of anilines is 1. The van der Waals surface area contributed by atoms with E-state index in [0.717, 1.165) is 42.1 Å². The second kappa shape index (κ2) is 7.12. The van der Waals surface area contributed by atoms with Gasteiger partial charge in [-0.2, -0.15) is 0 Å². The average Bonchev–Trinajstić information content (AvgIpc) is 3.07. The number of piperidine rings is 1. The van der Waals surface area contributed by atoms with Gasteiger partial charge in [0.15, 0.2) is 0 Å². The Hall–Kier alpha value is -1.98.